The van der Waals surface area contributed by atoms with Crippen LogP contribution in [0, 0.1) is 12.7 Å². The van der Waals surface area contributed by atoms with Crippen LogP contribution < -0.4 is 0 Å². The van der Waals surface area contributed by atoms with Crippen molar-refractivity contribution in [3.63, 3.8) is 0 Å². The van der Waals surface area contributed by atoms with E-state index in [2.05, 4.69) is 0 Å². The molecule has 1 nitrogen and oxygen atoms in total. The van der Waals surface area contributed by atoms with Crippen LogP contribution in [-0.4, -0.2) is 5.78 Å². The molecule has 21 heavy (non-hydrogen) atoms. The molecule has 0 heterocycles. The quantitative estimate of drug-likeness (QED) is 0.596. The van der Waals surface area contributed by atoms with E-state index in [-0.39, 0.29) is 16.4 Å². The molecule has 0 saturated heterocycles. The number of carbonyl (C=O) groups excluding carboxylic acids is 1. The van der Waals surface area contributed by atoms with Crippen LogP contribution in [0.4, 0.5) is 4.39 Å². The first-order valence-electron chi connectivity index (χ1n) is 6.56. The first kappa shape index (κ1) is 13.8. The SMILES string of the molecule is Cc1ccc(C(=O)c2ccc(Cl)cc2F)c2ccccc12. The Morgan fingerprint density at radius 2 is 1.62 bits per heavy atom. The number of halogens is 2. The maximum atomic E-state index is 14.0. The van der Waals surface area contributed by atoms with Crippen molar-refractivity contribution in [2.24, 2.45) is 0 Å². The molecule has 0 bridgehead atoms. The van der Waals surface area contributed by atoms with Gasteiger partial charge in [-0.15, -0.1) is 0 Å². The first-order valence-corrected chi connectivity index (χ1v) is 6.94. The second-order valence-electron chi connectivity index (χ2n) is 4.93. The molecule has 0 saturated carbocycles. The molecule has 0 amide bonds. The number of hydrogen-bond acceptors (Lipinski definition) is 1. The summed E-state index contributed by atoms with van der Waals surface area (Å²) in [4.78, 5) is 12.6. The summed E-state index contributed by atoms with van der Waals surface area (Å²) in [6.45, 7) is 1.99. The van der Waals surface area contributed by atoms with Gasteiger partial charge in [0, 0.05) is 10.6 Å². The van der Waals surface area contributed by atoms with Crippen molar-refractivity contribution in [1.29, 1.82) is 0 Å². The molecule has 0 aliphatic rings. The van der Waals surface area contributed by atoms with Crippen LogP contribution in [0.5, 0.6) is 0 Å². The highest BCUT2D eigenvalue weighted by atomic mass is 35.5. The summed E-state index contributed by atoms with van der Waals surface area (Å²) in [5.74, 6) is -0.933. The van der Waals surface area contributed by atoms with Crippen LogP contribution in [0.25, 0.3) is 10.8 Å². The van der Waals surface area contributed by atoms with Crippen LogP contribution in [0.3, 0.4) is 0 Å². The normalized spacial score (nSPS) is 10.8. The van der Waals surface area contributed by atoms with Gasteiger partial charge in [0.2, 0.25) is 0 Å². The molecule has 0 spiro atoms. The molecule has 0 radical (unpaired) electrons. The predicted molar refractivity (Wildman–Crippen MR) is 83.5 cm³/mol. The van der Waals surface area contributed by atoms with Gasteiger partial charge in [-0.05, 0) is 41.5 Å². The van der Waals surface area contributed by atoms with E-state index >= 15 is 0 Å². The molecule has 0 aliphatic heterocycles. The van der Waals surface area contributed by atoms with Crippen molar-refractivity contribution < 1.29 is 9.18 Å². The van der Waals surface area contributed by atoms with Crippen molar-refractivity contribution in [2.45, 2.75) is 6.92 Å². The summed E-state index contributed by atoms with van der Waals surface area (Å²) in [5, 5.41) is 2.10. The Morgan fingerprint density at radius 1 is 0.952 bits per heavy atom. The van der Waals surface area contributed by atoms with Gasteiger partial charge in [-0.1, -0.05) is 48.0 Å². The fourth-order valence-corrected chi connectivity index (χ4v) is 2.63. The van der Waals surface area contributed by atoms with Gasteiger partial charge in [0.05, 0.1) is 5.56 Å². The molecule has 0 atom stereocenters. The Bertz CT molecular complexity index is 855. The van der Waals surface area contributed by atoms with Crippen LogP contribution in [0.2, 0.25) is 5.02 Å². The number of ketones is 1. The highest BCUT2D eigenvalue weighted by Gasteiger charge is 2.17. The van der Waals surface area contributed by atoms with Crippen molar-refractivity contribution in [3.05, 3.63) is 82.1 Å². The smallest absolute Gasteiger partial charge is 0.196 e. The van der Waals surface area contributed by atoms with Gasteiger partial charge in [-0.25, -0.2) is 4.39 Å². The molecule has 0 aromatic heterocycles. The zero-order valence-corrected chi connectivity index (χ0v) is 12.1. The molecule has 3 heteroatoms. The number of aryl methyl sites for hydroxylation is 1. The van der Waals surface area contributed by atoms with Gasteiger partial charge >= 0.3 is 0 Å². The van der Waals surface area contributed by atoms with Crippen molar-refractivity contribution in [2.75, 3.05) is 0 Å². The summed E-state index contributed by atoms with van der Waals surface area (Å²) < 4.78 is 14.0. The van der Waals surface area contributed by atoms with Crippen LogP contribution in [-0.2, 0) is 0 Å². The van der Waals surface area contributed by atoms with E-state index < -0.39 is 5.82 Å². The van der Waals surface area contributed by atoms with E-state index in [9.17, 15) is 9.18 Å². The largest absolute Gasteiger partial charge is 0.288 e. The Labute approximate surface area is 127 Å². The molecule has 0 N–H and O–H groups in total. The third-order valence-corrected chi connectivity index (χ3v) is 3.80. The summed E-state index contributed by atoms with van der Waals surface area (Å²) in [6, 6.07) is 15.4. The summed E-state index contributed by atoms with van der Waals surface area (Å²) in [6.07, 6.45) is 0. The highest BCUT2D eigenvalue weighted by molar-refractivity contribution is 6.30. The average molecular weight is 299 g/mol. The first-order chi connectivity index (χ1) is 10.1. The Balaban J connectivity index is 2.21. The Morgan fingerprint density at radius 3 is 2.33 bits per heavy atom. The van der Waals surface area contributed by atoms with Crippen molar-refractivity contribution >= 4 is 28.2 Å². The summed E-state index contributed by atoms with van der Waals surface area (Å²) >= 11 is 5.73. The topological polar surface area (TPSA) is 17.1 Å². The minimum Gasteiger partial charge on any atom is -0.288 e. The minimum absolute atomic E-state index is 0.0356. The Kier molecular flexibility index (Phi) is 3.48. The molecule has 3 rings (SSSR count). The lowest BCUT2D eigenvalue weighted by Crippen LogP contribution is -2.05. The van der Waals surface area contributed by atoms with Crippen LogP contribution in [0.1, 0.15) is 21.5 Å². The standard InChI is InChI=1S/C18H12ClFO/c1-11-6-8-15(14-5-3-2-4-13(11)14)18(21)16-9-7-12(19)10-17(16)20/h2-10H,1H3. The third-order valence-electron chi connectivity index (χ3n) is 3.56. The minimum atomic E-state index is -0.600. The number of fused-ring (bicyclic) bond motifs is 1. The van der Waals surface area contributed by atoms with Gasteiger partial charge in [-0.3, -0.25) is 4.79 Å². The van der Waals surface area contributed by atoms with E-state index in [0.29, 0.717) is 5.56 Å². The molecule has 0 unspecified atom stereocenters. The maximum Gasteiger partial charge on any atom is 0.196 e. The highest BCUT2D eigenvalue weighted by Crippen LogP contribution is 2.26. The van der Waals surface area contributed by atoms with Crippen molar-refractivity contribution in [3.8, 4) is 0 Å². The molecule has 104 valence electrons. The zero-order valence-electron chi connectivity index (χ0n) is 11.4. The second kappa shape index (κ2) is 5.30. The zero-order chi connectivity index (χ0) is 15.0. The average Bonchev–Trinajstić information content (AvgIpc) is 2.47. The van der Waals surface area contributed by atoms with Gasteiger partial charge in [0.15, 0.2) is 5.78 Å². The van der Waals surface area contributed by atoms with Gasteiger partial charge in [0.1, 0.15) is 5.82 Å². The second-order valence-corrected chi connectivity index (χ2v) is 5.37. The van der Waals surface area contributed by atoms with E-state index in [0.717, 1.165) is 22.4 Å². The van der Waals surface area contributed by atoms with Gasteiger partial charge < -0.3 is 0 Å². The third kappa shape index (κ3) is 2.43. The molecular weight excluding hydrogens is 287 g/mol. The van der Waals surface area contributed by atoms with Crippen LogP contribution >= 0.6 is 11.6 Å². The fourth-order valence-electron chi connectivity index (χ4n) is 2.47. The number of benzene rings is 3. The number of hydrogen-bond donors (Lipinski definition) is 0. The fraction of sp³-hybridized carbons (Fsp3) is 0.0556. The van der Waals surface area contributed by atoms with E-state index in [1.807, 2.05) is 37.3 Å². The van der Waals surface area contributed by atoms with Gasteiger partial charge in [-0.2, -0.15) is 0 Å². The molecular formula is C18H12ClFO. The molecule has 0 fully saturated rings. The number of rotatable bonds is 2. The maximum absolute atomic E-state index is 14.0. The summed E-state index contributed by atoms with van der Waals surface area (Å²) in [7, 11) is 0. The molecule has 3 aromatic carbocycles. The number of carbonyl (C=O) groups is 1. The lowest BCUT2D eigenvalue weighted by atomic mass is 9.95. The van der Waals surface area contributed by atoms with Gasteiger partial charge in [0.25, 0.3) is 0 Å². The lowest BCUT2D eigenvalue weighted by molar-refractivity contribution is 0.103. The van der Waals surface area contributed by atoms with Crippen molar-refractivity contribution in [1.82, 2.24) is 0 Å². The summed E-state index contributed by atoms with van der Waals surface area (Å²) in [5.41, 5.74) is 1.62. The van der Waals surface area contributed by atoms with E-state index in [1.165, 1.54) is 12.1 Å². The lowest BCUT2D eigenvalue weighted by Gasteiger charge is -2.09. The molecule has 3 aromatic rings. The Hall–Kier alpha value is -2.19. The van der Waals surface area contributed by atoms with Crippen LogP contribution in [0.15, 0.2) is 54.6 Å². The van der Waals surface area contributed by atoms with E-state index in [4.69, 9.17) is 11.6 Å². The monoisotopic (exact) mass is 298 g/mol. The van der Waals surface area contributed by atoms with E-state index in [1.54, 1.807) is 6.07 Å². The molecule has 0 aliphatic carbocycles. The predicted octanol–water partition coefficient (Wildman–Crippen LogP) is 5.17.